The lowest BCUT2D eigenvalue weighted by Gasteiger charge is -2.14. The maximum Gasteiger partial charge on any atom is 0.256 e. The Morgan fingerprint density at radius 3 is 2.55 bits per heavy atom. The SMILES string of the molecule is COCCOc1ccc(F)cc1NC(=O)c1cc(-c2ccccc2)nc2ccccc12. The maximum absolute atomic E-state index is 13.9. The molecule has 4 aromatic rings. The smallest absolute Gasteiger partial charge is 0.256 e. The zero-order chi connectivity index (χ0) is 21.6. The topological polar surface area (TPSA) is 60.5 Å². The first-order valence-corrected chi connectivity index (χ1v) is 9.83. The van der Waals surface area contributed by atoms with E-state index in [1.54, 1.807) is 13.2 Å². The number of rotatable bonds is 7. The quantitative estimate of drug-likeness (QED) is 0.414. The van der Waals surface area contributed by atoms with E-state index < -0.39 is 5.82 Å². The minimum atomic E-state index is -0.473. The van der Waals surface area contributed by atoms with Gasteiger partial charge in [-0.1, -0.05) is 48.5 Å². The summed E-state index contributed by atoms with van der Waals surface area (Å²) >= 11 is 0. The highest BCUT2D eigenvalue weighted by molar-refractivity contribution is 6.13. The van der Waals surface area contributed by atoms with Crippen LogP contribution in [0.25, 0.3) is 22.2 Å². The number of nitrogens with zero attached hydrogens (tertiary/aromatic N) is 1. The molecule has 0 aliphatic carbocycles. The lowest BCUT2D eigenvalue weighted by Crippen LogP contribution is -2.15. The second-order valence-electron chi connectivity index (χ2n) is 6.87. The van der Waals surface area contributed by atoms with Crippen molar-refractivity contribution in [3.8, 4) is 17.0 Å². The van der Waals surface area contributed by atoms with Crippen molar-refractivity contribution in [3.05, 3.63) is 90.2 Å². The molecule has 3 aromatic carbocycles. The lowest BCUT2D eigenvalue weighted by molar-refractivity contribution is 0.102. The fourth-order valence-electron chi connectivity index (χ4n) is 3.27. The minimum absolute atomic E-state index is 0.253. The van der Waals surface area contributed by atoms with Gasteiger partial charge >= 0.3 is 0 Å². The maximum atomic E-state index is 13.9. The van der Waals surface area contributed by atoms with Crippen LogP contribution in [-0.2, 0) is 4.74 Å². The molecule has 4 rings (SSSR count). The van der Waals surface area contributed by atoms with Gasteiger partial charge in [0.05, 0.1) is 29.1 Å². The van der Waals surface area contributed by atoms with Gasteiger partial charge in [-0.3, -0.25) is 4.79 Å². The first kappa shape index (κ1) is 20.5. The fourth-order valence-corrected chi connectivity index (χ4v) is 3.27. The van der Waals surface area contributed by atoms with E-state index in [2.05, 4.69) is 5.32 Å². The molecule has 0 aliphatic heterocycles. The van der Waals surface area contributed by atoms with Crippen LogP contribution < -0.4 is 10.1 Å². The summed E-state index contributed by atoms with van der Waals surface area (Å²) < 4.78 is 24.5. The van der Waals surface area contributed by atoms with Gasteiger partial charge < -0.3 is 14.8 Å². The molecule has 1 N–H and O–H groups in total. The summed E-state index contributed by atoms with van der Waals surface area (Å²) in [5.41, 5.74) is 2.97. The number of hydrogen-bond acceptors (Lipinski definition) is 4. The standard InChI is InChI=1S/C25H21FN2O3/c1-30-13-14-31-24-12-11-18(26)15-23(24)28-25(29)20-16-22(17-7-3-2-4-8-17)27-21-10-6-5-9-19(20)21/h2-12,15-16H,13-14H2,1H3,(H,28,29). The third kappa shape index (κ3) is 4.70. The van der Waals surface area contributed by atoms with Crippen LogP contribution in [0.3, 0.4) is 0 Å². The number of fused-ring (bicyclic) bond motifs is 1. The van der Waals surface area contributed by atoms with Gasteiger partial charge in [0.15, 0.2) is 0 Å². The minimum Gasteiger partial charge on any atom is -0.489 e. The first-order valence-electron chi connectivity index (χ1n) is 9.83. The number of halogens is 1. The second kappa shape index (κ2) is 9.36. The Kier molecular flexibility index (Phi) is 6.19. The Balaban J connectivity index is 1.72. The van der Waals surface area contributed by atoms with Crippen molar-refractivity contribution in [2.75, 3.05) is 25.6 Å². The third-order valence-electron chi connectivity index (χ3n) is 4.77. The Morgan fingerprint density at radius 2 is 1.74 bits per heavy atom. The molecular formula is C25H21FN2O3. The van der Waals surface area contributed by atoms with Crippen LogP contribution in [0.15, 0.2) is 78.9 Å². The summed E-state index contributed by atoms with van der Waals surface area (Å²) in [7, 11) is 1.57. The van der Waals surface area contributed by atoms with Gasteiger partial charge in [0.1, 0.15) is 18.2 Å². The molecule has 0 spiro atoms. The number of amides is 1. The Morgan fingerprint density at radius 1 is 0.968 bits per heavy atom. The van der Waals surface area contributed by atoms with Crippen molar-refractivity contribution in [2.45, 2.75) is 0 Å². The summed E-state index contributed by atoms with van der Waals surface area (Å²) in [6.45, 7) is 0.654. The van der Waals surface area contributed by atoms with Crippen molar-refractivity contribution in [1.29, 1.82) is 0 Å². The van der Waals surface area contributed by atoms with Crippen LogP contribution in [0.4, 0.5) is 10.1 Å². The van der Waals surface area contributed by atoms with E-state index in [-0.39, 0.29) is 18.2 Å². The molecule has 1 amide bonds. The monoisotopic (exact) mass is 416 g/mol. The van der Waals surface area contributed by atoms with E-state index in [0.29, 0.717) is 34.5 Å². The van der Waals surface area contributed by atoms with E-state index in [1.165, 1.54) is 18.2 Å². The Labute approximate surface area is 179 Å². The fraction of sp³-hybridized carbons (Fsp3) is 0.120. The van der Waals surface area contributed by atoms with Gasteiger partial charge in [0.25, 0.3) is 5.91 Å². The molecule has 0 atom stereocenters. The van der Waals surface area contributed by atoms with E-state index in [4.69, 9.17) is 14.5 Å². The van der Waals surface area contributed by atoms with Crippen molar-refractivity contribution in [3.63, 3.8) is 0 Å². The van der Waals surface area contributed by atoms with Crippen LogP contribution >= 0.6 is 0 Å². The van der Waals surface area contributed by atoms with Crippen LogP contribution in [0.1, 0.15) is 10.4 Å². The predicted octanol–water partition coefficient (Wildman–Crippen LogP) is 5.32. The molecule has 0 fully saturated rings. The normalized spacial score (nSPS) is 10.8. The number of pyridine rings is 1. The molecule has 0 unspecified atom stereocenters. The summed E-state index contributed by atoms with van der Waals surface area (Å²) in [6, 6.07) is 22.8. The van der Waals surface area contributed by atoms with E-state index >= 15 is 0 Å². The predicted molar refractivity (Wildman–Crippen MR) is 119 cm³/mol. The van der Waals surface area contributed by atoms with Crippen LogP contribution in [0.2, 0.25) is 0 Å². The molecule has 6 heteroatoms. The van der Waals surface area contributed by atoms with Gasteiger partial charge in [-0.25, -0.2) is 9.37 Å². The molecule has 0 saturated carbocycles. The van der Waals surface area contributed by atoms with Crippen LogP contribution in [0.5, 0.6) is 5.75 Å². The number of nitrogens with one attached hydrogen (secondary N) is 1. The number of methoxy groups -OCH3 is 1. The third-order valence-corrected chi connectivity index (χ3v) is 4.77. The molecular weight excluding hydrogens is 395 g/mol. The van der Waals surface area contributed by atoms with Gasteiger partial charge in [0, 0.05) is 24.1 Å². The Bertz CT molecular complexity index is 1210. The van der Waals surface area contributed by atoms with Gasteiger partial charge in [-0.15, -0.1) is 0 Å². The molecule has 5 nitrogen and oxygen atoms in total. The molecule has 0 radical (unpaired) electrons. The molecule has 1 aromatic heterocycles. The van der Waals surface area contributed by atoms with Gasteiger partial charge in [-0.05, 0) is 24.3 Å². The van der Waals surface area contributed by atoms with E-state index in [1.807, 2.05) is 54.6 Å². The number of hydrogen-bond donors (Lipinski definition) is 1. The number of carbonyl (C=O) groups excluding carboxylic acids is 1. The highest BCUT2D eigenvalue weighted by Crippen LogP contribution is 2.29. The number of benzene rings is 3. The summed E-state index contributed by atoms with van der Waals surface area (Å²) in [5.74, 6) is -0.481. The molecule has 156 valence electrons. The average molecular weight is 416 g/mol. The summed E-state index contributed by atoms with van der Waals surface area (Å²) in [6.07, 6.45) is 0. The largest absolute Gasteiger partial charge is 0.489 e. The molecule has 31 heavy (non-hydrogen) atoms. The summed E-state index contributed by atoms with van der Waals surface area (Å²) in [5, 5.41) is 3.50. The first-order chi connectivity index (χ1) is 15.2. The number of ether oxygens (including phenoxy) is 2. The number of para-hydroxylation sites is 1. The summed E-state index contributed by atoms with van der Waals surface area (Å²) in [4.78, 5) is 18.0. The van der Waals surface area contributed by atoms with Crippen molar-refractivity contribution in [1.82, 2.24) is 4.98 Å². The van der Waals surface area contributed by atoms with E-state index in [0.717, 1.165) is 5.56 Å². The molecule has 1 heterocycles. The number of anilines is 1. The Hall–Kier alpha value is -3.77. The van der Waals surface area contributed by atoms with Crippen molar-refractivity contribution in [2.24, 2.45) is 0 Å². The molecule has 0 saturated heterocycles. The highest BCUT2D eigenvalue weighted by Gasteiger charge is 2.16. The van der Waals surface area contributed by atoms with Crippen molar-refractivity contribution < 1.29 is 18.7 Å². The zero-order valence-electron chi connectivity index (χ0n) is 17.0. The van der Waals surface area contributed by atoms with Crippen molar-refractivity contribution >= 4 is 22.5 Å². The second-order valence-corrected chi connectivity index (χ2v) is 6.87. The van der Waals surface area contributed by atoms with Gasteiger partial charge in [-0.2, -0.15) is 0 Å². The average Bonchev–Trinajstić information content (AvgIpc) is 2.80. The lowest BCUT2D eigenvalue weighted by atomic mass is 10.0. The van der Waals surface area contributed by atoms with E-state index in [9.17, 15) is 9.18 Å². The molecule has 0 aliphatic rings. The molecule has 0 bridgehead atoms. The number of aromatic nitrogens is 1. The highest BCUT2D eigenvalue weighted by atomic mass is 19.1. The zero-order valence-corrected chi connectivity index (χ0v) is 17.0. The van der Waals surface area contributed by atoms with Crippen LogP contribution in [-0.4, -0.2) is 31.2 Å². The van der Waals surface area contributed by atoms with Gasteiger partial charge in [0.2, 0.25) is 0 Å². The number of carbonyl (C=O) groups is 1. The van der Waals surface area contributed by atoms with Crippen LogP contribution in [0, 0.1) is 5.82 Å².